The van der Waals surface area contributed by atoms with E-state index in [1.165, 1.54) is 5.56 Å². The van der Waals surface area contributed by atoms with Crippen LogP contribution in [0.1, 0.15) is 29.0 Å². The van der Waals surface area contributed by atoms with E-state index in [4.69, 9.17) is 10.5 Å². The van der Waals surface area contributed by atoms with Crippen LogP contribution in [0.15, 0.2) is 48.5 Å². The van der Waals surface area contributed by atoms with E-state index in [1.54, 1.807) is 7.11 Å². The molecule has 0 aliphatic heterocycles. The van der Waals surface area contributed by atoms with Gasteiger partial charge in [0.2, 0.25) is 0 Å². The van der Waals surface area contributed by atoms with Crippen molar-refractivity contribution in [2.75, 3.05) is 13.7 Å². The Morgan fingerprint density at radius 2 is 1.95 bits per heavy atom. The fourth-order valence-corrected chi connectivity index (χ4v) is 3.39. The van der Waals surface area contributed by atoms with Crippen LogP contribution in [0, 0.1) is 0 Å². The van der Waals surface area contributed by atoms with Crippen LogP contribution in [0.5, 0.6) is 5.75 Å². The van der Waals surface area contributed by atoms with Crippen molar-refractivity contribution in [1.29, 1.82) is 0 Å². The van der Waals surface area contributed by atoms with E-state index in [0.29, 0.717) is 6.42 Å². The first-order valence-corrected chi connectivity index (χ1v) is 7.31. The maximum atomic E-state index is 11.0. The molecule has 0 aromatic heterocycles. The number of nitrogens with two attached hydrogens (primary N) is 1. The Labute approximate surface area is 125 Å². The lowest BCUT2D eigenvalue weighted by molar-refractivity contribution is 0.0209. The minimum Gasteiger partial charge on any atom is -0.496 e. The van der Waals surface area contributed by atoms with Crippen LogP contribution in [0.4, 0.5) is 0 Å². The molecule has 110 valence electrons. The molecule has 3 N–H and O–H groups in total. The predicted octanol–water partition coefficient (Wildman–Crippen LogP) is 2.57. The molecule has 2 unspecified atom stereocenters. The van der Waals surface area contributed by atoms with Gasteiger partial charge in [0, 0.05) is 12.1 Å². The van der Waals surface area contributed by atoms with Crippen molar-refractivity contribution in [2.45, 2.75) is 24.4 Å². The molecule has 0 spiro atoms. The van der Waals surface area contributed by atoms with Crippen LogP contribution in [-0.4, -0.2) is 18.8 Å². The molecular formula is C18H21NO2. The van der Waals surface area contributed by atoms with E-state index in [9.17, 15) is 5.11 Å². The van der Waals surface area contributed by atoms with Crippen molar-refractivity contribution in [3.63, 3.8) is 0 Å². The molecular weight excluding hydrogens is 262 g/mol. The van der Waals surface area contributed by atoms with Crippen molar-refractivity contribution in [2.24, 2.45) is 5.73 Å². The van der Waals surface area contributed by atoms with Crippen LogP contribution in [-0.2, 0) is 12.0 Å². The first-order valence-electron chi connectivity index (χ1n) is 7.31. The highest BCUT2D eigenvalue weighted by Gasteiger charge is 2.39. The molecule has 0 radical (unpaired) electrons. The topological polar surface area (TPSA) is 55.5 Å². The molecule has 21 heavy (non-hydrogen) atoms. The lowest BCUT2D eigenvalue weighted by atomic mass is 9.71. The van der Waals surface area contributed by atoms with Crippen molar-refractivity contribution in [3.8, 4) is 5.75 Å². The van der Waals surface area contributed by atoms with Gasteiger partial charge in [-0.25, -0.2) is 0 Å². The third-order valence-corrected chi connectivity index (χ3v) is 4.50. The normalized spacial score (nSPS) is 24.4. The van der Waals surface area contributed by atoms with Crippen molar-refractivity contribution in [1.82, 2.24) is 0 Å². The number of hydrogen-bond donors (Lipinski definition) is 2. The number of hydrogen-bond acceptors (Lipinski definition) is 3. The average Bonchev–Trinajstić information content (AvgIpc) is 2.55. The van der Waals surface area contributed by atoms with Crippen LogP contribution in [0.3, 0.4) is 0 Å². The Balaban J connectivity index is 2.08. The highest BCUT2D eigenvalue weighted by molar-refractivity contribution is 5.47. The standard InChI is InChI=1S/C18H21NO2/c1-21-17-9-5-8-16-15(17)10-14(11-18(16,20)12-19)13-6-3-2-4-7-13/h2-9,14,20H,10-12,19H2,1H3. The summed E-state index contributed by atoms with van der Waals surface area (Å²) in [6.45, 7) is 0.219. The third kappa shape index (κ3) is 2.43. The second kappa shape index (κ2) is 5.51. The highest BCUT2D eigenvalue weighted by atomic mass is 16.5. The van der Waals surface area contributed by atoms with Gasteiger partial charge in [0.1, 0.15) is 11.4 Å². The Morgan fingerprint density at radius 3 is 2.62 bits per heavy atom. The molecule has 2 atom stereocenters. The fourth-order valence-electron chi connectivity index (χ4n) is 3.39. The Kier molecular flexibility index (Phi) is 3.70. The highest BCUT2D eigenvalue weighted by Crippen LogP contribution is 2.44. The van der Waals surface area contributed by atoms with Gasteiger partial charge >= 0.3 is 0 Å². The first-order chi connectivity index (χ1) is 10.2. The molecule has 2 aromatic carbocycles. The predicted molar refractivity (Wildman–Crippen MR) is 83.4 cm³/mol. The minimum atomic E-state index is -0.984. The van der Waals surface area contributed by atoms with Crippen molar-refractivity contribution in [3.05, 3.63) is 65.2 Å². The number of aliphatic hydroxyl groups is 1. The van der Waals surface area contributed by atoms with Crippen LogP contribution in [0.25, 0.3) is 0 Å². The summed E-state index contributed by atoms with van der Waals surface area (Å²) in [5, 5.41) is 11.0. The summed E-state index contributed by atoms with van der Waals surface area (Å²) in [6, 6.07) is 16.1. The van der Waals surface area contributed by atoms with E-state index >= 15 is 0 Å². The third-order valence-electron chi connectivity index (χ3n) is 4.50. The van der Waals surface area contributed by atoms with Crippen molar-refractivity contribution >= 4 is 0 Å². The lowest BCUT2D eigenvalue weighted by Gasteiger charge is -2.38. The molecule has 0 bridgehead atoms. The summed E-state index contributed by atoms with van der Waals surface area (Å²) < 4.78 is 5.48. The summed E-state index contributed by atoms with van der Waals surface area (Å²) >= 11 is 0. The second-order valence-electron chi connectivity index (χ2n) is 5.74. The molecule has 0 saturated heterocycles. The van der Waals surface area contributed by atoms with E-state index in [-0.39, 0.29) is 12.5 Å². The maximum absolute atomic E-state index is 11.0. The van der Waals surface area contributed by atoms with Gasteiger partial charge in [-0.05, 0) is 36.0 Å². The zero-order valence-corrected chi connectivity index (χ0v) is 12.3. The number of methoxy groups -OCH3 is 1. The summed E-state index contributed by atoms with van der Waals surface area (Å²) in [5.41, 5.74) is 8.14. The summed E-state index contributed by atoms with van der Waals surface area (Å²) in [4.78, 5) is 0. The van der Waals surface area contributed by atoms with E-state index in [2.05, 4.69) is 12.1 Å². The molecule has 3 heteroatoms. The van der Waals surface area contributed by atoms with Gasteiger partial charge in [-0.2, -0.15) is 0 Å². The number of fused-ring (bicyclic) bond motifs is 1. The van der Waals surface area contributed by atoms with Gasteiger partial charge in [0.05, 0.1) is 7.11 Å². The van der Waals surface area contributed by atoms with E-state index in [0.717, 1.165) is 23.3 Å². The average molecular weight is 283 g/mol. The zero-order valence-electron chi connectivity index (χ0n) is 12.3. The largest absolute Gasteiger partial charge is 0.496 e. The summed E-state index contributed by atoms with van der Waals surface area (Å²) in [6.07, 6.45) is 1.51. The Hall–Kier alpha value is -1.84. The molecule has 3 nitrogen and oxygen atoms in total. The Morgan fingerprint density at radius 1 is 1.19 bits per heavy atom. The molecule has 1 aliphatic rings. The molecule has 0 heterocycles. The van der Waals surface area contributed by atoms with Gasteiger partial charge in [-0.15, -0.1) is 0 Å². The molecule has 2 aromatic rings. The molecule has 0 amide bonds. The first kappa shape index (κ1) is 14.1. The number of benzene rings is 2. The van der Waals surface area contributed by atoms with Gasteiger partial charge in [0.15, 0.2) is 0 Å². The van der Waals surface area contributed by atoms with Gasteiger partial charge < -0.3 is 15.6 Å². The second-order valence-corrected chi connectivity index (χ2v) is 5.74. The molecule has 0 fully saturated rings. The van der Waals surface area contributed by atoms with Crippen LogP contribution < -0.4 is 10.5 Å². The van der Waals surface area contributed by atoms with E-state index < -0.39 is 5.60 Å². The lowest BCUT2D eigenvalue weighted by Crippen LogP contribution is -2.40. The fraction of sp³-hybridized carbons (Fsp3) is 0.333. The van der Waals surface area contributed by atoms with Gasteiger partial charge in [-0.3, -0.25) is 0 Å². The smallest absolute Gasteiger partial charge is 0.122 e. The molecule has 0 saturated carbocycles. The maximum Gasteiger partial charge on any atom is 0.122 e. The van der Waals surface area contributed by atoms with E-state index in [1.807, 2.05) is 36.4 Å². The SMILES string of the molecule is COc1cccc2c1CC(c1ccccc1)CC2(O)CN. The summed E-state index contributed by atoms with van der Waals surface area (Å²) in [5.74, 6) is 1.09. The molecule has 1 aliphatic carbocycles. The van der Waals surface area contributed by atoms with Crippen LogP contribution >= 0.6 is 0 Å². The molecule has 3 rings (SSSR count). The van der Waals surface area contributed by atoms with Crippen molar-refractivity contribution < 1.29 is 9.84 Å². The number of ether oxygens (including phenoxy) is 1. The Bertz CT molecular complexity index is 626. The quantitative estimate of drug-likeness (QED) is 0.910. The minimum absolute atomic E-state index is 0.219. The monoisotopic (exact) mass is 283 g/mol. The summed E-state index contributed by atoms with van der Waals surface area (Å²) in [7, 11) is 1.67. The number of rotatable bonds is 3. The van der Waals surface area contributed by atoms with Crippen LogP contribution in [0.2, 0.25) is 0 Å². The van der Waals surface area contributed by atoms with Gasteiger partial charge in [-0.1, -0.05) is 42.5 Å². The zero-order chi connectivity index (χ0) is 14.9. The van der Waals surface area contributed by atoms with Gasteiger partial charge in [0.25, 0.3) is 0 Å².